The molecule has 1 aliphatic heterocycles. The molecule has 27 heavy (non-hydrogen) atoms. The molecule has 7 heteroatoms. The second-order valence-corrected chi connectivity index (χ2v) is 5.57. The number of methoxy groups -OCH3 is 5. The number of carbonyl (C=O) groups excluding carboxylic acids is 1. The van der Waals surface area contributed by atoms with Gasteiger partial charge in [0, 0.05) is 6.07 Å². The summed E-state index contributed by atoms with van der Waals surface area (Å²) in [5.41, 5.74) is 1.02. The van der Waals surface area contributed by atoms with Crippen molar-refractivity contribution in [1.29, 1.82) is 0 Å². The average Bonchev–Trinajstić information content (AvgIpc) is 3.01. The SMILES string of the molecule is COc1ccc(/C=C2/Oc3cc(OC)c(OC)c(OC)c3C2=O)cc1OC. The Hall–Kier alpha value is -3.35. The predicted octanol–water partition coefficient (Wildman–Crippen LogP) is 3.35. The number of hydrogen-bond acceptors (Lipinski definition) is 7. The zero-order valence-electron chi connectivity index (χ0n) is 15.7. The summed E-state index contributed by atoms with van der Waals surface area (Å²) in [6, 6.07) is 6.91. The highest BCUT2D eigenvalue weighted by Gasteiger charge is 2.35. The molecule has 0 saturated heterocycles. The minimum Gasteiger partial charge on any atom is -0.493 e. The van der Waals surface area contributed by atoms with Crippen molar-refractivity contribution in [2.45, 2.75) is 0 Å². The van der Waals surface area contributed by atoms with Gasteiger partial charge in [0.05, 0.1) is 35.5 Å². The zero-order valence-corrected chi connectivity index (χ0v) is 15.7. The normalized spacial score (nSPS) is 13.8. The van der Waals surface area contributed by atoms with Gasteiger partial charge in [0.2, 0.25) is 11.5 Å². The van der Waals surface area contributed by atoms with Gasteiger partial charge in [-0.3, -0.25) is 4.79 Å². The Labute approximate surface area is 157 Å². The Morgan fingerprint density at radius 2 is 1.44 bits per heavy atom. The van der Waals surface area contributed by atoms with Crippen molar-refractivity contribution in [3.63, 3.8) is 0 Å². The van der Waals surface area contributed by atoms with Gasteiger partial charge >= 0.3 is 0 Å². The van der Waals surface area contributed by atoms with Crippen LogP contribution in [0.5, 0.6) is 34.5 Å². The van der Waals surface area contributed by atoms with E-state index in [2.05, 4.69) is 0 Å². The van der Waals surface area contributed by atoms with E-state index < -0.39 is 0 Å². The monoisotopic (exact) mass is 372 g/mol. The lowest BCUT2D eigenvalue weighted by Crippen LogP contribution is -2.02. The van der Waals surface area contributed by atoms with Crippen LogP contribution in [0.1, 0.15) is 15.9 Å². The minimum atomic E-state index is -0.308. The van der Waals surface area contributed by atoms with E-state index in [1.54, 1.807) is 44.6 Å². The number of ketones is 1. The summed E-state index contributed by atoms with van der Waals surface area (Å²) in [5.74, 6) is 2.36. The Bertz CT molecular complexity index is 915. The van der Waals surface area contributed by atoms with Crippen molar-refractivity contribution in [1.82, 2.24) is 0 Å². The van der Waals surface area contributed by atoms with Gasteiger partial charge < -0.3 is 28.4 Å². The molecule has 2 aromatic carbocycles. The quantitative estimate of drug-likeness (QED) is 0.720. The van der Waals surface area contributed by atoms with Crippen LogP contribution >= 0.6 is 0 Å². The molecule has 7 nitrogen and oxygen atoms in total. The molecule has 0 amide bonds. The van der Waals surface area contributed by atoms with Crippen LogP contribution in [0.4, 0.5) is 0 Å². The molecular weight excluding hydrogens is 352 g/mol. The molecule has 0 aromatic heterocycles. The van der Waals surface area contributed by atoms with Crippen LogP contribution in [0.3, 0.4) is 0 Å². The highest BCUT2D eigenvalue weighted by molar-refractivity contribution is 6.17. The molecule has 3 rings (SSSR count). The maximum absolute atomic E-state index is 12.9. The fourth-order valence-corrected chi connectivity index (χ4v) is 2.91. The van der Waals surface area contributed by atoms with E-state index in [1.165, 1.54) is 21.3 Å². The molecule has 0 saturated carbocycles. The van der Waals surface area contributed by atoms with Crippen LogP contribution in [0.15, 0.2) is 30.0 Å². The summed E-state index contributed by atoms with van der Waals surface area (Å²) in [6.45, 7) is 0. The summed E-state index contributed by atoms with van der Waals surface area (Å²) in [6.07, 6.45) is 1.63. The lowest BCUT2D eigenvalue weighted by Gasteiger charge is -2.13. The number of rotatable bonds is 6. The van der Waals surface area contributed by atoms with Crippen molar-refractivity contribution < 1.29 is 33.2 Å². The van der Waals surface area contributed by atoms with Crippen LogP contribution in [0.25, 0.3) is 6.08 Å². The highest BCUT2D eigenvalue weighted by Crippen LogP contribution is 2.49. The molecule has 0 aliphatic carbocycles. The third kappa shape index (κ3) is 3.12. The van der Waals surface area contributed by atoms with Gasteiger partial charge in [0.25, 0.3) is 0 Å². The zero-order chi connectivity index (χ0) is 19.6. The summed E-state index contributed by atoms with van der Waals surface area (Å²) >= 11 is 0. The lowest BCUT2D eigenvalue weighted by atomic mass is 10.1. The number of Topliss-reactive ketones (excluding diaryl/α,β-unsaturated/α-hetero) is 1. The van der Waals surface area contributed by atoms with E-state index in [0.29, 0.717) is 34.3 Å². The second-order valence-electron chi connectivity index (χ2n) is 5.57. The average molecular weight is 372 g/mol. The van der Waals surface area contributed by atoms with Gasteiger partial charge in [-0.25, -0.2) is 0 Å². The number of fused-ring (bicyclic) bond motifs is 1. The van der Waals surface area contributed by atoms with E-state index in [1.807, 2.05) is 0 Å². The largest absolute Gasteiger partial charge is 0.493 e. The first-order chi connectivity index (χ1) is 13.1. The Kier molecular flexibility index (Phi) is 5.12. The molecule has 142 valence electrons. The minimum absolute atomic E-state index is 0.158. The molecule has 2 aromatic rings. The van der Waals surface area contributed by atoms with Crippen molar-refractivity contribution in [3.05, 3.63) is 41.2 Å². The first-order valence-electron chi connectivity index (χ1n) is 8.07. The lowest BCUT2D eigenvalue weighted by molar-refractivity contribution is 0.101. The van der Waals surface area contributed by atoms with E-state index in [9.17, 15) is 4.79 Å². The topological polar surface area (TPSA) is 72.5 Å². The molecule has 1 aliphatic rings. The summed E-state index contributed by atoms with van der Waals surface area (Å²) < 4.78 is 32.3. The molecule has 0 unspecified atom stereocenters. The molecule has 1 heterocycles. The molecule has 0 bridgehead atoms. The van der Waals surface area contributed by atoms with Gasteiger partial charge in [-0.05, 0) is 23.8 Å². The van der Waals surface area contributed by atoms with Crippen molar-refractivity contribution in [2.24, 2.45) is 0 Å². The summed E-state index contributed by atoms with van der Waals surface area (Å²) in [5, 5.41) is 0. The third-order valence-corrected chi connectivity index (χ3v) is 4.17. The Morgan fingerprint density at radius 3 is 2.04 bits per heavy atom. The van der Waals surface area contributed by atoms with E-state index in [0.717, 1.165) is 5.56 Å². The van der Waals surface area contributed by atoms with Gasteiger partial charge in [-0.1, -0.05) is 6.07 Å². The number of hydrogen-bond donors (Lipinski definition) is 0. The van der Waals surface area contributed by atoms with E-state index in [-0.39, 0.29) is 17.3 Å². The van der Waals surface area contributed by atoms with Crippen LogP contribution in [0.2, 0.25) is 0 Å². The molecule has 0 spiro atoms. The van der Waals surface area contributed by atoms with Crippen molar-refractivity contribution >= 4 is 11.9 Å². The molecule has 0 N–H and O–H groups in total. The van der Waals surface area contributed by atoms with Crippen molar-refractivity contribution in [2.75, 3.05) is 35.5 Å². The first kappa shape index (κ1) is 18.4. The van der Waals surface area contributed by atoms with Crippen molar-refractivity contribution in [3.8, 4) is 34.5 Å². The van der Waals surface area contributed by atoms with Gasteiger partial charge in [-0.15, -0.1) is 0 Å². The standard InChI is InChI=1S/C20H20O7/c1-22-12-7-6-11(8-13(12)23-2)9-15-18(21)17-14(27-15)10-16(24-3)19(25-4)20(17)26-5/h6-10H,1-5H3/b15-9+. The summed E-state index contributed by atoms with van der Waals surface area (Å²) in [7, 11) is 7.55. The van der Waals surface area contributed by atoms with Crippen LogP contribution in [-0.2, 0) is 0 Å². The maximum Gasteiger partial charge on any atom is 0.235 e. The Balaban J connectivity index is 2.06. The summed E-state index contributed by atoms with van der Waals surface area (Å²) in [4.78, 5) is 12.9. The van der Waals surface area contributed by atoms with Gasteiger partial charge in [-0.2, -0.15) is 0 Å². The molecule has 0 atom stereocenters. The second kappa shape index (κ2) is 7.49. The van der Waals surface area contributed by atoms with Crippen LogP contribution in [0, 0.1) is 0 Å². The predicted molar refractivity (Wildman–Crippen MR) is 98.6 cm³/mol. The molecule has 0 fully saturated rings. The van der Waals surface area contributed by atoms with Gasteiger partial charge in [0.1, 0.15) is 11.3 Å². The van der Waals surface area contributed by atoms with Crippen LogP contribution < -0.4 is 28.4 Å². The Morgan fingerprint density at radius 1 is 0.778 bits per heavy atom. The number of benzene rings is 2. The third-order valence-electron chi connectivity index (χ3n) is 4.17. The number of allylic oxidation sites excluding steroid dienone is 1. The maximum atomic E-state index is 12.9. The van der Waals surface area contributed by atoms with Crippen LogP contribution in [-0.4, -0.2) is 41.3 Å². The highest BCUT2D eigenvalue weighted by atomic mass is 16.5. The molecule has 0 radical (unpaired) electrons. The number of carbonyl (C=O) groups is 1. The smallest absolute Gasteiger partial charge is 0.235 e. The number of ether oxygens (including phenoxy) is 6. The van der Waals surface area contributed by atoms with E-state index >= 15 is 0 Å². The first-order valence-corrected chi connectivity index (χ1v) is 8.07. The van der Waals surface area contributed by atoms with Gasteiger partial charge in [0.15, 0.2) is 28.8 Å². The fourth-order valence-electron chi connectivity index (χ4n) is 2.91. The fraction of sp³-hybridized carbons (Fsp3) is 0.250. The molecular formula is C20H20O7. The van der Waals surface area contributed by atoms with E-state index in [4.69, 9.17) is 28.4 Å².